The average Bonchev–Trinajstić information content (AvgIpc) is 3.52. The molecule has 0 unspecified atom stereocenters. The molecule has 1 saturated heterocycles. The highest BCUT2D eigenvalue weighted by Gasteiger charge is 2.26. The topological polar surface area (TPSA) is 110 Å². The van der Waals surface area contributed by atoms with E-state index < -0.39 is 11.8 Å². The lowest BCUT2D eigenvalue weighted by Crippen LogP contribution is -2.44. The fourth-order valence-corrected chi connectivity index (χ4v) is 4.21. The van der Waals surface area contributed by atoms with Crippen LogP contribution < -0.4 is 20.1 Å². The zero-order valence-corrected chi connectivity index (χ0v) is 18.5. The molecule has 1 fully saturated rings. The number of fused-ring (bicyclic) bond motifs is 2. The first-order chi connectivity index (χ1) is 16.6. The van der Waals surface area contributed by atoms with E-state index in [9.17, 15) is 14.4 Å². The first-order valence-corrected chi connectivity index (χ1v) is 11.3. The predicted molar refractivity (Wildman–Crippen MR) is 122 cm³/mol. The molecule has 176 valence electrons. The van der Waals surface area contributed by atoms with Crippen LogP contribution in [0.3, 0.4) is 0 Å². The summed E-state index contributed by atoms with van der Waals surface area (Å²) in [5.41, 5.74) is 1.51. The number of ether oxygens (including phenoxy) is 2. The van der Waals surface area contributed by atoms with Gasteiger partial charge in [0.05, 0.1) is 0 Å². The Morgan fingerprint density at radius 1 is 0.912 bits per heavy atom. The van der Waals surface area contributed by atoms with Crippen molar-refractivity contribution in [1.82, 2.24) is 15.5 Å². The van der Waals surface area contributed by atoms with Crippen LogP contribution in [0, 0.1) is 5.92 Å². The van der Waals surface area contributed by atoms with Crippen molar-refractivity contribution in [2.75, 3.05) is 26.4 Å². The Bertz CT molecular complexity index is 1200. The number of nitrogens with zero attached hydrogens (tertiary/aromatic N) is 1. The van der Waals surface area contributed by atoms with Crippen LogP contribution in [-0.2, 0) is 16.1 Å². The zero-order valence-electron chi connectivity index (χ0n) is 18.5. The lowest BCUT2D eigenvalue weighted by molar-refractivity contribution is -0.139. The number of carbonyl (C=O) groups is 3. The van der Waals surface area contributed by atoms with Gasteiger partial charge in [-0.15, -0.1) is 0 Å². The summed E-state index contributed by atoms with van der Waals surface area (Å²) in [4.78, 5) is 38.9. The Hall–Kier alpha value is -4.01. The smallest absolute Gasteiger partial charge is 0.309 e. The van der Waals surface area contributed by atoms with Crippen molar-refractivity contribution in [3.63, 3.8) is 0 Å². The van der Waals surface area contributed by atoms with Crippen molar-refractivity contribution in [1.29, 1.82) is 0 Å². The normalized spacial score (nSPS) is 15.4. The van der Waals surface area contributed by atoms with Gasteiger partial charge in [-0.2, -0.15) is 0 Å². The molecule has 1 aromatic heterocycles. The van der Waals surface area contributed by atoms with E-state index in [4.69, 9.17) is 13.9 Å². The molecule has 0 atom stereocenters. The average molecular weight is 463 g/mol. The highest BCUT2D eigenvalue weighted by atomic mass is 16.7. The van der Waals surface area contributed by atoms with Crippen LogP contribution in [0.5, 0.6) is 11.5 Å². The number of carbonyl (C=O) groups excluding carboxylic acids is 3. The summed E-state index contributed by atoms with van der Waals surface area (Å²) < 4.78 is 16.3. The number of para-hydroxylation sites is 1. The van der Waals surface area contributed by atoms with Gasteiger partial charge < -0.3 is 29.4 Å². The summed E-state index contributed by atoms with van der Waals surface area (Å²) in [5, 5.41) is 6.23. The van der Waals surface area contributed by atoms with Crippen molar-refractivity contribution >= 4 is 28.7 Å². The number of likely N-dealkylation sites (tertiary alicyclic amines) is 1. The first kappa shape index (κ1) is 21.8. The number of hydrogen-bond donors (Lipinski definition) is 2. The number of benzene rings is 2. The molecular weight excluding hydrogens is 438 g/mol. The largest absolute Gasteiger partial charge is 0.454 e. The molecule has 2 N–H and O–H groups in total. The van der Waals surface area contributed by atoms with Gasteiger partial charge in [-0.05, 0) is 48.6 Å². The summed E-state index contributed by atoms with van der Waals surface area (Å²) >= 11 is 0. The Morgan fingerprint density at radius 3 is 2.50 bits per heavy atom. The van der Waals surface area contributed by atoms with E-state index in [1.165, 1.54) is 0 Å². The lowest BCUT2D eigenvalue weighted by atomic mass is 9.96. The highest BCUT2D eigenvalue weighted by Crippen LogP contribution is 2.32. The van der Waals surface area contributed by atoms with Crippen LogP contribution in [-0.4, -0.2) is 49.0 Å². The van der Waals surface area contributed by atoms with Gasteiger partial charge in [0.15, 0.2) is 17.3 Å². The molecule has 0 radical (unpaired) electrons. The van der Waals surface area contributed by atoms with Crippen molar-refractivity contribution in [2.24, 2.45) is 5.92 Å². The summed E-state index contributed by atoms with van der Waals surface area (Å²) in [6, 6.07) is 14.7. The van der Waals surface area contributed by atoms with Crippen molar-refractivity contribution in [3.05, 3.63) is 59.9 Å². The fourth-order valence-electron chi connectivity index (χ4n) is 4.21. The second kappa shape index (κ2) is 9.46. The molecule has 2 aliphatic heterocycles. The number of nitrogens with one attached hydrogen (secondary N) is 2. The molecule has 3 aromatic rings. The van der Waals surface area contributed by atoms with Gasteiger partial charge in [-0.3, -0.25) is 14.4 Å². The first-order valence-electron chi connectivity index (χ1n) is 11.3. The minimum absolute atomic E-state index is 0.124. The fraction of sp³-hybridized carbons (Fsp3) is 0.320. The van der Waals surface area contributed by atoms with Crippen LogP contribution >= 0.6 is 0 Å². The van der Waals surface area contributed by atoms with Gasteiger partial charge in [-0.25, -0.2) is 0 Å². The molecule has 5 rings (SSSR count). The molecule has 0 spiro atoms. The molecule has 3 heterocycles. The molecule has 2 aromatic carbocycles. The van der Waals surface area contributed by atoms with Crippen LogP contribution in [0.4, 0.5) is 0 Å². The molecule has 0 aliphatic carbocycles. The monoisotopic (exact) mass is 463 g/mol. The standard InChI is InChI=1S/C25H25N3O6/c29-23(24(30)27-14-17-5-6-20-21(11-17)33-15-32-20)26-13-16-7-9-28(10-8-16)25(31)22-12-18-3-1-2-4-19(18)34-22/h1-6,11-12,16H,7-10,13-15H2,(H,26,29)(H,27,30). The third kappa shape index (κ3) is 4.68. The van der Waals surface area contributed by atoms with Gasteiger partial charge in [0.25, 0.3) is 5.91 Å². The minimum Gasteiger partial charge on any atom is -0.454 e. The lowest BCUT2D eigenvalue weighted by Gasteiger charge is -2.31. The molecule has 34 heavy (non-hydrogen) atoms. The molecule has 9 heteroatoms. The van der Waals surface area contributed by atoms with Crippen LogP contribution in [0.2, 0.25) is 0 Å². The minimum atomic E-state index is -0.685. The summed E-state index contributed by atoms with van der Waals surface area (Å²) in [6.45, 7) is 1.94. The number of furan rings is 1. The number of hydrogen-bond acceptors (Lipinski definition) is 6. The number of amides is 3. The second-order valence-electron chi connectivity index (χ2n) is 8.46. The quantitative estimate of drug-likeness (QED) is 0.563. The maximum Gasteiger partial charge on any atom is 0.309 e. The number of piperidine rings is 1. The van der Waals surface area contributed by atoms with Crippen molar-refractivity contribution < 1.29 is 28.3 Å². The Morgan fingerprint density at radius 2 is 1.68 bits per heavy atom. The third-order valence-corrected chi connectivity index (χ3v) is 6.19. The SMILES string of the molecule is O=C(NCc1ccc2c(c1)OCO2)C(=O)NCC1CCN(C(=O)c2cc3ccccc3o2)CC1. The molecule has 2 aliphatic rings. The van der Waals surface area contributed by atoms with Gasteiger partial charge >= 0.3 is 11.8 Å². The maximum atomic E-state index is 12.8. The Balaban J connectivity index is 1.05. The van der Waals surface area contributed by atoms with E-state index in [0.29, 0.717) is 42.5 Å². The second-order valence-corrected chi connectivity index (χ2v) is 8.46. The Kier molecular flexibility index (Phi) is 6.07. The van der Waals surface area contributed by atoms with Gasteiger partial charge in [-0.1, -0.05) is 24.3 Å². The van der Waals surface area contributed by atoms with Crippen LogP contribution in [0.25, 0.3) is 11.0 Å². The van der Waals surface area contributed by atoms with Gasteiger partial charge in [0.2, 0.25) is 6.79 Å². The molecule has 0 saturated carbocycles. The van der Waals surface area contributed by atoms with Crippen LogP contribution in [0.1, 0.15) is 29.0 Å². The van der Waals surface area contributed by atoms with Crippen molar-refractivity contribution in [3.8, 4) is 11.5 Å². The summed E-state index contributed by atoms with van der Waals surface area (Å²) in [5.74, 6) is 0.357. The predicted octanol–water partition coefficient (Wildman–Crippen LogP) is 2.45. The van der Waals surface area contributed by atoms with Gasteiger partial charge in [0.1, 0.15) is 5.58 Å². The summed E-state index contributed by atoms with van der Waals surface area (Å²) in [7, 11) is 0. The Labute approximate surface area is 196 Å². The van der Waals surface area contributed by atoms with Gasteiger partial charge in [0, 0.05) is 31.6 Å². The van der Waals surface area contributed by atoms with Crippen LogP contribution in [0.15, 0.2) is 52.9 Å². The molecule has 3 amide bonds. The number of rotatable bonds is 5. The highest BCUT2D eigenvalue weighted by molar-refractivity contribution is 6.35. The van der Waals surface area contributed by atoms with E-state index in [2.05, 4.69) is 10.6 Å². The third-order valence-electron chi connectivity index (χ3n) is 6.19. The molecular formula is C25H25N3O6. The maximum absolute atomic E-state index is 12.8. The van der Waals surface area contributed by atoms with E-state index in [-0.39, 0.29) is 25.2 Å². The van der Waals surface area contributed by atoms with E-state index in [0.717, 1.165) is 23.8 Å². The van der Waals surface area contributed by atoms with Crippen molar-refractivity contribution in [2.45, 2.75) is 19.4 Å². The molecule has 9 nitrogen and oxygen atoms in total. The summed E-state index contributed by atoms with van der Waals surface area (Å²) in [6.07, 6.45) is 1.48. The molecule has 0 bridgehead atoms. The van der Waals surface area contributed by atoms with E-state index >= 15 is 0 Å². The van der Waals surface area contributed by atoms with E-state index in [1.807, 2.05) is 30.3 Å². The van der Waals surface area contributed by atoms with E-state index in [1.54, 1.807) is 23.1 Å². The zero-order chi connectivity index (χ0) is 23.5.